The lowest BCUT2D eigenvalue weighted by atomic mass is 10.1. The van der Waals surface area contributed by atoms with E-state index < -0.39 is 11.7 Å². The molecule has 0 amide bonds. The van der Waals surface area contributed by atoms with Crippen molar-refractivity contribution in [2.75, 3.05) is 52.6 Å². The molecule has 0 bridgehead atoms. The molecule has 5 rings (SSSR count). The molecule has 0 unspecified atom stereocenters. The van der Waals surface area contributed by atoms with Crippen LogP contribution in [0.4, 0.5) is 35.1 Å². The Kier molecular flexibility index (Phi) is 6.92. The van der Waals surface area contributed by atoms with Crippen LogP contribution < -0.4 is 14.1 Å². The molecule has 0 spiro atoms. The smallest absolute Gasteiger partial charge is 0.353 e. The summed E-state index contributed by atoms with van der Waals surface area (Å²) >= 11 is 1.69. The summed E-state index contributed by atoms with van der Waals surface area (Å²) in [6.45, 7) is 4.28. The third-order valence-corrected chi connectivity index (χ3v) is 7.50. The number of aryl methyl sites for hydroxylation is 1. The Labute approximate surface area is 211 Å². The van der Waals surface area contributed by atoms with Gasteiger partial charge >= 0.3 is 6.18 Å². The molecule has 0 atom stereocenters. The van der Waals surface area contributed by atoms with Crippen molar-refractivity contribution in [1.82, 2.24) is 15.0 Å². The lowest BCUT2D eigenvalue weighted by Gasteiger charge is -2.37. The molecule has 4 heterocycles. The minimum Gasteiger partial charge on any atom is -0.353 e. The van der Waals surface area contributed by atoms with Crippen molar-refractivity contribution >= 4 is 29.5 Å². The summed E-state index contributed by atoms with van der Waals surface area (Å²) < 4.78 is 56.5. The van der Waals surface area contributed by atoms with Crippen molar-refractivity contribution < 1.29 is 17.6 Å². The molecule has 2 saturated heterocycles. The van der Waals surface area contributed by atoms with Crippen LogP contribution in [0.1, 0.15) is 24.0 Å². The summed E-state index contributed by atoms with van der Waals surface area (Å²) in [7, 11) is 0. The SMILES string of the molecule is Cc1cc(-c2cc(N3CCN(c4ncccc4C(F)(F)F)CC3)nc(N3CCCCS3)n2)ccc1F. The van der Waals surface area contributed by atoms with Gasteiger partial charge in [-0.2, -0.15) is 18.2 Å². The third kappa shape index (κ3) is 5.21. The average molecular weight is 519 g/mol. The molecule has 0 aliphatic carbocycles. The van der Waals surface area contributed by atoms with Crippen LogP contribution in [0.25, 0.3) is 11.3 Å². The monoisotopic (exact) mass is 518 g/mol. The standard InChI is InChI=1S/C25H26F4N6S/c1-17-15-18(6-7-20(17)26)21-16-22(32-24(31-21)35-9-2-3-14-36-35)33-10-12-34(13-11-33)23-19(25(27,28)29)5-4-8-30-23/h4-8,15-16H,2-3,9-14H2,1H3. The van der Waals surface area contributed by atoms with Crippen molar-refractivity contribution in [2.45, 2.75) is 25.9 Å². The van der Waals surface area contributed by atoms with Crippen molar-refractivity contribution in [1.29, 1.82) is 0 Å². The average Bonchev–Trinajstić information content (AvgIpc) is 2.90. The zero-order valence-corrected chi connectivity index (χ0v) is 20.6. The molecule has 3 aromatic rings. The Morgan fingerprint density at radius 1 is 0.917 bits per heavy atom. The fourth-order valence-electron chi connectivity index (χ4n) is 4.42. The van der Waals surface area contributed by atoms with Crippen molar-refractivity contribution in [3.63, 3.8) is 0 Å². The lowest BCUT2D eigenvalue weighted by Crippen LogP contribution is -2.47. The van der Waals surface area contributed by atoms with Crippen molar-refractivity contribution in [2.24, 2.45) is 0 Å². The first-order chi connectivity index (χ1) is 17.3. The Morgan fingerprint density at radius 2 is 1.69 bits per heavy atom. The quantitative estimate of drug-likeness (QED) is 0.330. The number of piperazine rings is 1. The minimum absolute atomic E-state index is 0.0415. The van der Waals surface area contributed by atoms with Crippen molar-refractivity contribution in [3.05, 3.63) is 59.5 Å². The topological polar surface area (TPSA) is 48.4 Å². The Balaban J connectivity index is 1.43. The zero-order valence-electron chi connectivity index (χ0n) is 19.8. The molecule has 1 aromatic carbocycles. The molecule has 11 heteroatoms. The van der Waals surface area contributed by atoms with Gasteiger partial charge in [-0.05, 0) is 67.6 Å². The second-order valence-electron chi connectivity index (χ2n) is 8.86. The second kappa shape index (κ2) is 10.1. The van der Waals surface area contributed by atoms with Gasteiger partial charge < -0.3 is 9.80 Å². The van der Waals surface area contributed by atoms with E-state index in [-0.39, 0.29) is 11.6 Å². The molecule has 36 heavy (non-hydrogen) atoms. The van der Waals surface area contributed by atoms with Gasteiger partial charge in [-0.25, -0.2) is 14.4 Å². The first-order valence-corrected chi connectivity index (χ1v) is 12.8. The Morgan fingerprint density at radius 3 is 2.39 bits per heavy atom. The fourth-order valence-corrected chi connectivity index (χ4v) is 5.43. The number of nitrogens with zero attached hydrogens (tertiary/aromatic N) is 6. The van der Waals surface area contributed by atoms with Gasteiger partial charge in [0.25, 0.3) is 0 Å². The Bertz CT molecular complexity index is 1220. The van der Waals surface area contributed by atoms with Crippen LogP contribution in [-0.4, -0.2) is 53.4 Å². The van der Waals surface area contributed by atoms with Gasteiger partial charge in [0, 0.05) is 56.3 Å². The summed E-state index contributed by atoms with van der Waals surface area (Å²) in [6.07, 6.45) is -0.881. The zero-order chi connectivity index (χ0) is 25.3. The third-order valence-electron chi connectivity index (χ3n) is 6.38. The van der Waals surface area contributed by atoms with Crippen molar-refractivity contribution in [3.8, 4) is 11.3 Å². The lowest BCUT2D eigenvalue weighted by molar-refractivity contribution is -0.137. The van der Waals surface area contributed by atoms with Crippen LogP contribution in [-0.2, 0) is 6.18 Å². The van der Waals surface area contributed by atoms with Crippen LogP contribution in [0, 0.1) is 12.7 Å². The van der Waals surface area contributed by atoms with E-state index in [1.54, 1.807) is 35.9 Å². The Hall–Kier alpha value is -3.08. The van der Waals surface area contributed by atoms with Gasteiger partial charge in [-0.1, -0.05) is 0 Å². The highest BCUT2D eigenvalue weighted by Crippen LogP contribution is 2.36. The number of pyridine rings is 1. The maximum atomic E-state index is 13.9. The van der Waals surface area contributed by atoms with E-state index in [1.807, 2.05) is 6.07 Å². The number of alkyl halides is 3. The molecule has 2 aliphatic heterocycles. The summed E-state index contributed by atoms with van der Waals surface area (Å²) in [4.78, 5) is 17.4. The van der Waals surface area contributed by atoms with E-state index in [4.69, 9.17) is 9.97 Å². The number of benzene rings is 1. The van der Waals surface area contributed by atoms with Gasteiger partial charge in [-0.15, -0.1) is 0 Å². The van der Waals surface area contributed by atoms with Gasteiger partial charge in [0.15, 0.2) is 0 Å². The predicted molar refractivity (Wildman–Crippen MR) is 135 cm³/mol. The van der Waals surface area contributed by atoms with Gasteiger partial charge in [-0.3, -0.25) is 4.31 Å². The minimum atomic E-state index is -4.46. The highest BCUT2D eigenvalue weighted by atomic mass is 32.2. The van der Waals surface area contributed by atoms with Gasteiger partial charge in [0.05, 0.1) is 11.3 Å². The van der Waals surface area contributed by atoms with E-state index in [0.717, 1.165) is 36.8 Å². The summed E-state index contributed by atoms with van der Waals surface area (Å²) in [5, 5.41) is 0. The largest absolute Gasteiger partial charge is 0.419 e. The molecule has 2 fully saturated rings. The molecular weight excluding hydrogens is 492 g/mol. The molecule has 0 saturated carbocycles. The first-order valence-electron chi connectivity index (χ1n) is 11.9. The number of aromatic nitrogens is 3. The molecule has 0 radical (unpaired) electrons. The normalized spacial score (nSPS) is 17.0. The first kappa shape index (κ1) is 24.6. The number of hydrogen-bond acceptors (Lipinski definition) is 7. The maximum absolute atomic E-state index is 13.9. The summed E-state index contributed by atoms with van der Waals surface area (Å²) in [6, 6.07) is 9.17. The fraction of sp³-hybridized carbons (Fsp3) is 0.400. The van der Waals surface area contributed by atoms with Crippen LogP contribution in [0.2, 0.25) is 0 Å². The molecule has 190 valence electrons. The maximum Gasteiger partial charge on any atom is 0.419 e. The van der Waals surface area contributed by atoms with E-state index in [2.05, 4.69) is 14.2 Å². The van der Waals surface area contributed by atoms with Crippen LogP contribution in [0.15, 0.2) is 42.6 Å². The number of hydrogen-bond donors (Lipinski definition) is 0. The number of halogens is 4. The van der Waals surface area contributed by atoms with E-state index in [1.165, 1.54) is 18.3 Å². The number of rotatable bonds is 4. The summed E-state index contributed by atoms with van der Waals surface area (Å²) in [5.74, 6) is 1.98. The molecule has 2 aliphatic rings. The van der Waals surface area contributed by atoms with E-state index >= 15 is 0 Å². The number of anilines is 3. The molecule has 2 aromatic heterocycles. The molecule has 0 N–H and O–H groups in total. The van der Waals surface area contributed by atoms with Gasteiger partial charge in [0.2, 0.25) is 5.95 Å². The molecule has 6 nitrogen and oxygen atoms in total. The van der Waals surface area contributed by atoms with Crippen LogP contribution in [0.5, 0.6) is 0 Å². The predicted octanol–water partition coefficient (Wildman–Crippen LogP) is 5.58. The highest BCUT2D eigenvalue weighted by molar-refractivity contribution is 8.00. The van der Waals surface area contributed by atoms with Gasteiger partial charge in [0.1, 0.15) is 17.5 Å². The van der Waals surface area contributed by atoms with E-state index in [0.29, 0.717) is 49.2 Å². The second-order valence-corrected chi connectivity index (χ2v) is 9.97. The summed E-state index contributed by atoms with van der Waals surface area (Å²) in [5.41, 5.74) is 1.29. The van der Waals surface area contributed by atoms with Crippen LogP contribution >= 0.6 is 11.9 Å². The molecular formula is C25H26F4N6S. The van der Waals surface area contributed by atoms with E-state index in [9.17, 15) is 17.6 Å². The van der Waals surface area contributed by atoms with Crippen LogP contribution in [0.3, 0.4) is 0 Å². The highest BCUT2D eigenvalue weighted by Gasteiger charge is 2.36.